The van der Waals surface area contributed by atoms with Gasteiger partial charge in [-0.2, -0.15) is 5.26 Å². The Balaban J connectivity index is 1.59. The van der Waals surface area contributed by atoms with Crippen molar-refractivity contribution in [1.82, 2.24) is 10.2 Å². The molecule has 36 heavy (non-hydrogen) atoms. The summed E-state index contributed by atoms with van der Waals surface area (Å²) < 4.78 is 17.2. The predicted octanol–water partition coefficient (Wildman–Crippen LogP) is 4.28. The van der Waals surface area contributed by atoms with Gasteiger partial charge in [0.1, 0.15) is 11.6 Å². The van der Waals surface area contributed by atoms with Crippen molar-refractivity contribution < 1.29 is 19.0 Å². The van der Waals surface area contributed by atoms with Crippen LogP contribution in [-0.4, -0.2) is 29.3 Å². The first-order valence-electron chi connectivity index (χ1n) is 11.6. The Bertz CT molecular complexity index is 1380. The molecule has 4 rings (SSSR count). The van der Waals surface area contributed by atoms with Gasteiger partial charge in [-0.3, -0.25) is 9.89 Å². The van der Waals surface area contributed by atoms with Crippen LogP contribution >= 0.6 is 0 Å². The van der Waals surface area contributed by atoms with Crippen LogP contribution in [0.3, 0.4) is 0 Å². The van der Waals surface area contributed by atoms with Gasteiger partial charge in [-0.05, 0) is 63.4 Å². The van der Waals surface area contributed by atoms with Crippen LogP contribution in [0.25, 0.3) is 0 Å². The Morgan fingerprint density at radius 3 is 2.56 bits per heavy atom. The summed E-state index contributed by atoms with van der Waals surface area (Å²) >= 11 is 0. The van der Waals surface area contributed by atoms with Crippen LogP contribution in [-0.2, 0) is 4.79 Å². The number of H-pyrrole nitrogens is 1. The number of amides is 1. The maximum absolute atomic E-state index is 12.7. The van der Waals surface area contributed by atoms with Crippen molar-refractivity contribution in [2.45, 2.75) is 40.5 Å². The van der Waals surface area contributed by atoms with Crippen molar-refractivity contribution in [3.05, 3.63) is 75.3 Å². The second-order valence-corrected chi connectivity index (χ2v) is 8.74. The number of carbonyl (C=O) groups is 1. The molecule has 1 aromatic heterocycles. The highest BCUT2D eigenvalue weighted by Crippen LogP contribution is 2.44. The number of aryl methyl sites for hydroxylation is 4. The number of benzene rings is 2. The molecule has 1 aliphatic heterocycles. The summed E-state index contributed by atoms with van der Waals surface area (Å²) in [5.41, 5.74) is 12.5. The van der Waals surface area contributed by atoms with E-state index in [4.69, 9.17) is 19.9 Å². The minimum atomic E-state index is -0.485. The zero-order valence-electron chi connectivity index (χ0n) is 21.0. The van der Waals surface area contributed by atoms with E-state index in [9.17, 15) is 10.1 Å². The van der Waals surface area contributed by atoms with Crippen molar-refractivity contribution >= 4 is 11.6 Å². The van der Waals surface area contributed by atoms with Gasteiger partial charge in [0.05, 0.1) is 12.5 Å². The standard InChI is InChI=1S/C27H29N5O4/c1-6-34-21-11-18(24-19(12-28)26(29)36-27-23(24)17(5)31-32-27)7-8-20(21)35-13-22(33)30-25-15(3)9-14(2)10-16(25)4/h7-11,24H,6,13,29H2,1-5H3,(H,30,33)(H,31,32). The number of allylic oxidation sites excluding steroid dienone is 1. The molecule has 4 N–H and O–H groups in total. The van der Waals surface area contributed by atoms with Crippen molar-refractivity contribution in [2.24, 2.45) is 5.73 Å². The van der Waals surface area contributed by atoms with Crippen molar-refractivity contribution in [3.8, 4) is 23.4 Å². The highest BCUT2D eigenvalue weighted by molar-refractivity contribution is 5.93. The number of rotatable bonds is 7. The predicted molar refractivity (Wildman–Crippen MR) is 135 cm³/mol. The van der Waals surface area contributed by atoms with Crippen LogP contribution < -0.4 is 25.3 Å². The van der Waals surface area contributed by atoms with E-state index in [2.05, 4.69) is 21.6 Å². The first-order valence-corrected chi connectivity index (χ1v) is 11.6. The zero-order chi connectivity index (χ0) is 26.0. The summed E-state index contributed by atoms with van der Waals surface area (Å²) in [7, 11) is 0. The van der Waals surface area contributed by atoms with Gasteiger partial charge >= 0.3 is 0 Å². The fraction of sp³-hybridized carbons (Fsp3) is 0.296. The van der Waals surface area contributed by atoms with Gasteiger partial charge in [0.15, 0.2) is 18.1 Å². The highest BCUT2D eigenvalue weighted by atomic mass is 16.5. The Kier molecular flexibility index (Phi) is 6.88. The minimum Gasteiger partial charge on any atom is -0.490 e. The number of aromatic nitrogens is 2. The lowest BCUT2D eigenvalue weighted by atomic mass is 9.84. The lowest BCUT2D eigenvalue weighted by Gasteiger charge is -2.24. The smallest absolute Gasteiger partial charge is 0.262 e. The Morgan fingerprint density at radius 2 is 1.89 bits per heavy atom. The van der Waals surface area contributed by atoms with E-state index in [-0.39, 0.29) is 24.0 Å². The third kappa shape index (κ3) is 4.70. The number of nitrogens with zero attached hydrogens (tertiary/aromatic N) is 2. The molecule has 0 aliphatic carbocycles. The topological polar surface area (TPSA) is 135 Å². The molecule has 9 nitrogen and oxygen atoms in total. The van der Waals surface area contributed by atoms with Crippen molar-refractivity contribution in [2.75, 3.05) is 18.5 Å². The van der Waals surface area contributed by atoms with E-state index in [0.29, 0.717) is 24.0 Å². The largest absolute Gasteiger partial charge is 0.490 e. The van der Waals surface area contributed by atoms with Gasteiger partial charge in [-0.25, -0.2) is 0 Å². The Hall–Kier alpha value is -4.45. The summed E-state index contributed by atoms with van der Waals surface area (Å²) in [5.74, 6) is 0.461. The molecule has 3 aromatic rings. The Morgan fingerprint density at radius 1 is 1.17 bits per heavy atom. The number of hydrogen-bond donors (Lipinski definition) is 3. The van der Waals surface area contributed by atoms with Gasteiger partial charge in [0.2, 0.25) is 11.8 Å². The number of ether oxygens (including phenoxy) is 3. The molecule has 0 fully saturated rings. The van der Waals surface area contributed by atoms with Crippen LogP contribution in [0.2, 0.25) is 0 Å². The number of hydrogen-bond acceptors (Lipinski definition) is 7. The molecule has 1 aliphatic rings. The molecule has 0 bridgehead atoms. The molecule has 1 unspecified atom stereocenters. The quantitative estimate of drug-likeness (QED) is 0.453. The van der Waals surface area contributed by atoms with Gasteiger partial charge in [-0.1, -0.05) is 23.8 Å². The molecule has 1 atom stereocenters. The number of nitrogens with two attached hydrogens (primary N) is 1. The molecule has 2 aromatic carbocycles. The summed E-state index contributed by atoms with van der Waals surface area (Å²) in [4.78, 5) is 12.7. The highest BCUT2D eigenvalue weighted by Gasteiger charge is 2.34. The van der Waals surface area contributed by atoms with Crippen LogP contribution in [0.4, 0.5) is 5.69 Å². The monoisotopic (exact) mass is 487 g/mol. The van der Waals surface area contributed by atoms with E-state index in [0.717, 1.165) is 39.2 Å². The molecule has 0 spiro atoms. The zero-order valence-corrected chi connectivity index (χ0v) is 21.0. The van der Waals surface area contributed by atoms with E-state index in [1.165, 1.54) is 0 Å². The molecule has 0 saturated heterocycles. The lowest BCUT2D eigenvalue weighted by Crippen LogP contribution is -2.22. The summed E-state index contributed by atoms with van der Waals surface area (Å²) in [6, 6.07) is 11.6. The van der Waals surface area contributed by atoms with Crippen molar-refractivity contribution in [3.63, 3.8) is 0 Å². The average Bonchev–Trinajstić information content (AvgIpc) is 3.19. The number of anilines is 1. The number of fused-ring (bicyclic) bond motifs is 1. The summed E-state index contributed by atoms with van der Waals surface area (Å²) in [6.07, 6.45) is 0. The molecule has 2 heterocycles. The molecule has 0 radical (unpaired) electrons. The summed E-state index contributed by atoms with van der Waals surface area (Å²) in [6.45, 7) is 9.86. The van der Waals surface area contributed by atoms with Gasteiger partial charge < -0.3 is 25.3 Å². The van der Waals surface area contributed by atoms with Gasteiger partial charge in [-0.15, -0.1) is 5.10 Å². The van der Waals surface area contributed by atoms with E-state index >= 15 is 0 Å². The average molecular weight is 488 g/mol. The second kappa shape index (κ2) is 10.0. The van der Waals surface area contributed by atoms with Crippen LogP contribution in [0, 0.1) is 39.0 Å². The number of nitriles is 1. The number of aromatic amines is 1. The van der Waals surface area contributed by atoms with E-state index in [1.807, 2.05) is 52.8 Å². The second-order valence-electron chi connectivity index (χ2n) is 8.74. The van der Waals surface area contributed by atoms with E-state index < -0.39 is 5.92 Å². The fourth-order valence-electron chi connectivity index (χ4n) is 4.52. The van der Waals surface area contributed by atoms with Crippen LogP contribution in [0.5, 0.6) is 17.4 Å². The third-order valence-electron chi connectivity index (χ3n) is 6.03. The SMILES string of the molecule is CCOc1cc(C2C(C#N)=C(N)Oc3n[nH]c(C)c32)ccc1OCC(=O)Nc1c(C)cc(C)cc1C. The first-order chi connectivity index (χ1) is 17.2. The normalized spacial score (nSPS) is 14.5. The summed E-state index contributed by atoms with van der Waals surface area (Å²) in [5, 5.41) is 19.8. The molecular weight excluding hydrogens is 458 g/mol. The lowest BCUT2D eigenvalue weighted by molar-refractivity contribution is -0.118. The Labute approximate surface area is 209 Å². The van der Waals surface area contributed by atoms with Crippen LogP contribution in [0.15, 0.2) is 41.8 Å². The molecule has 0 saturated carbocycles. The van der Waals surface area contributed by atoms with E-state index in [1.54, 1.807) is 12.1 Å². The minimum absolute atomic E-state index is 0.0122. The van der Waals surface area contributed by atoms with Gasteiger partial charge in [0, 0.05) is 16.9 Å². The number of nitrogens with one attached hydrogen (secondary N) is 2. The van der Waals surface area contributed by atoms with Crippen LogP contribution in [0.1, 0.15) is 46.4 Å². The van der Waals surface area contributed by atoms with Gasteiger partial charge in [0.25, 0.3) is 5.91 Å². The molecular formula is C27H29N5O4. The molecule has 186 valence electrons. The number of carbonyl (C=O) groups excluding carboxylic acids is 1. The van der Waals surface area contributed by atoms with Crippen molar-refractivity contribution in [1.29, 1.82) is 5.26 Å². The first kappa shape index (κ1) is 24.7. The molecule has 1 amide bonds. The third-order valence-corrected chi connectivity index (χ3v) is 6.03. The maximum Gasteiger partial charge on any atom is 0.262 e. The maximum atomic E-state index is 12.7. The molecule has 9 heteroatoms. The fourth-order valence-corrected chi connectivity index (χ4v) is 4.52.